The minimum atomic E-state index is -0.602. The molecular formula is C28H26ClNO4. The van der Waals surface area contributed by atoms with Crippen LogP contribution in [-0.2, 0) is 10.2 Å². The van der Waals surface area contributed by atoms with E-state index in [9.17, 15) is 4.79 Å². The fourth-order valence-corrected chi connectivity index (χ4v) is 5.70. The van der Waals surface area contributed by atoms with Gasteiger partial charge in [-0.15, -0.1) is 0 Å². The number of carbonyl (C=O) groups is 1. The van der Waals surface area contributed by atoms with Gasteiger partial charge in [0, 0.05) is 40.8 Å². The van der Waals surface area contributed by atoms with Crippen molar-refractivity contribution in [2.45, 2.75) is 44.6 Å². The summed E-state index contributed by atoms with van der Waals surface area (Å²) in [5.41, 5.74) is 4.63. The van der Waals surface area contributed by atoms with Crippen LogP contribution in [0.15, 0.2) is 88.6 Å². The molecule has 0 spiro atoms. The molecule has 2 unspecified atom stereocenters. The lowest BCUT2D eigenvalue weighted by Gasteiger charge is -2.48. The van der Waals surface area contributed by atoms with Gasteiger partial charge < -0.3 is 26.0 Å². The van der Waals surface area contributed by atoms with E-state index in [2.05, 4.69) is 35.0 Å². The van der Waals surface area contributed by atoms with Crippen LogP contribution < -0.4 is 21.7 Å². The Morgan fingerprint density at radius 3 is 2.32 bits per heavy atom. The lowest BCUT2D eigenvalue weighted by atomic mass is 9.54. The molecule has 4 aromatic rings. The summed E-state index contributed by atoms with van der Waals surface area (Å²) in [5, 5.41) is 0. The topological polar surface area (TPSA) is 56.5 Å². The fraction of sp³-hybridized carbons (Fsp3) is 0.286. The van der Waals surface area contributed by atoms with Crippen molar-refractivity contribution in [1.29, 1.82) is 0 Å². The zero-order chi connectivity index (χ0) is 22.8. The van der Waals surface area contributed by atoms with Gasteiger partial charge in [0.05, 0.1) is 41.8 Å². The summed E-state index contributed by atoms with van der Waals surface area (Å²) >= 11 is 0. The number of nitrogens with zero attached hydrogens (tertiary/aromatic N) is 1. The maximum Gasteiger partial charge on any atom is 0.316 e. The van der Waals surface area contributed by atoms with Gasteiger partial charge in [0.2, 0.25) is 0 Å². The predicted molar refractivity (Wildman–Crippen MR) is 121 cm³/mol. The van der Waals surface area contributed by atoms with Gasteiger partial charge in [-0.25, -0.2) is 0 Å². The van der Waals surface area contributed by atoms with Crippen LogP contribution >= 0.6 is 0 Å². The molecule has 2 bridgehead atoms. The molecule has 0 radical (unpaired) electrons. The standard InChI is InChI=1S/C28H26NO4.ClH/c1-27(2,3)26(30)33-23-9-6-7-20-22-15-28(18-10-13-31-16-18,19-11-14-32-17-19)25(24(20)23)21-8-4-5-12-29(21)22;/h4-14,16-17,22,25H,15H2,1-3H3;1H/q+1;/p-1. The highest BCUT2D eigenvalue weighted by Gasteiger charge is 2.61. The van der Waals surface area contributed by atoms with E-state index >= 15 is 0 Å². The van der Waals surface area contributed by atoms with Gasteiger partial charge in [-0.1, -0.05) is 18.2 Å². The number of pyridine rings is 1. The molecule has 5 heterocycles. The second kappa shape index (κ2) is 7.88. The predicted octanol–water partition coefficient (Wildman–Crippen LogP) is 2.54. The average Bonchev–Trinajstić information content (AvgIpc) is 3.53. The molecule has 3 aromatic heterocycles. The van der Waals surface area contributed by atoms with Crippen molar-refractivity contribution in [2.75, 3.05) is 0 Å². The molecule has 5 nitrogen and oxygen atoms in total. The van der Waals surface area contributed by atoms with Crippen LogP contribution in [0.25, 0.3) is 0 Å². The third kappa shape index (κ3) is 3.07. The number of aromatic nitrogens is 1. The van der Waals surface area contributed by atoms with Crippen molar-refractivity contribution >= 4 is 5.97 Å². The Bertz CT molecular complexity index is 1300. The van der Waals surface area contributed by atoms with Crippen LogP contribution in [0.5, 0.6) is 5.75 Å². The summed E-state index contributed by atoms with van der Waals surface area (Å²) in [7, 11) is 0. The van der Waals surface area contributed by atoms with E-state index in [0.717, 1.165) is 23.1 Å². The van der Waals surface area contributed by atoms with Crippen molar-refractivity contribution in [3.63, 3.8) is 0 Å². The summed E-state index contributed by atoms with van der Waals surface area (Å²) in [6.07, 6.45) is 10.1. The molecule has 2 aliphatic heterocycles. The van der Waals surface area contributed by atoms with E-state index in [1.54, 1.807) is 12.5 Å². The number of esters is 1. The maximum atomic E-state index is 12.9. The van der Waals surface area contributed by atoms with Crippen LogP contribution in [0.2, 0.25) is 0 Å². The smallest absolute Gasteiger partial charge is 0.316 e. The molecule has 174 valence electrons. The molecule has 1 aliphatic carbocycles. The lowest BCUT2D eigenvalue weighted by Crippen LogP contribution is -3.00. The van der Waals surface area contributed by atoms with E-state index in [-0.39, 0.29) is 30.3 Å². The van der Waals surface area contributed by atoms with Gasteiger partial charge in [-0.05, 0) is 39.0 Å². The van der Waals surface area contributed by atoms with Gasteiger partial charge in [-0.2, -0.15) is 4.57 Å². The molecule has 3 aliphatic rings. The first-order valence-corrected chi connectivity index (χ1v) is 11.3. The number of furan rings is 2. The van der Waals surface area contributed by atoms with E-state index in [1.807, 2.05) is 57.6 Å². The molecule has 0 amide bonds. The molecule has 2 atom stereocenters. The Morgan fingerprint density at radius 1 is 1.00 bits per heavy atom. The Labute approximate surface area is 204 Å². The third-order valence-corrected chi connectivity index (χ3v) is 7.20. The third-order valence-electron chi connectivity index (χ3n) is 7.20. The summed E-state index contributed by atoms with van der Waals surface area (Å²) in [6, 6.07) is 16.6. The fourth-order valence-electron chi connectivity index (χ4n) is 5.70. The number of halogens is 1. The highest BCUT2D eigenvalue weighted by atomic mass is 35.5. The largest absolute Gasteiger partial charge is 1.00 e. The highest BCUT2D eigenvalue weighted by Crippen LogP contribution is 2.61. The second-order valence-electron chi connectivity index (χ2n) is 10.1. The number of hydrogen-bond acceptors (Lipinski definition) is 4. The van der Waals surface area contributed by atoms with Crippen molar-refractivity contribution < 1.29 is 35.3 Å². The Morgan fingerprint density at radius 2 is 1.71 bits per heavy atom. The van der Waals surface area contributed by atoms with Gasteiger partial charge in [0.15, 0.2) is 17.9 Å². The van der Waals surface area contributed by atoms with E-state index in [4.69, 9.17) is 13.6 Å². The molecule has 34 heavy (non-hydrogen) atoms. The minimum absolute atomic E-state index is 0. The minimum Gasteiger partial charge on any atom is -1.00 e. The Hall–Kier alpha value is -3.31. The van der Waals surface area contributed by atoms with Crippen molar-refractivity contribution in [2.24, 2.45) is 5.41 Å². The van der Waals surface area contributed by atoms with Crippen molar-refractivity contribution in [1.82, 2.24) is 0 Å². The van der Waals surface area contributed by atoms with Gasteiger partial charge in [0.1, 0.15) is 5.75 Å². The monoisotopic (exact) mass is 475 g/mol. The van der Waals surface area contributed by atoms with Crippen molar-refractivity contribution in [3.8, 4) is 5.75 Å². The highest BCUT2D eigenvalue weighted by molar-refractivity contribution is 5.78. The Balaban J connectivity index is 0.00000241. The van der Waals surface area contributed by atoms with Gasteiger partial charge >= 0.3 is 5.97 Å². The normalized spacial score (nSPS) is 19.6. The van der Waals surface area contributed by atoms with E-state index in [1.165, 1.54) is 11.3 Å². The molecule has 7 rings (SSSR count). The molecule has 0 N–H and O–H groups in total. The van der Waals surface area contributed by atoms with E-state index < -0.39 is 10.8 Å². The first kappa shape index (κ1) is 22.5. The Kier molecular flexibility index (Phi) is 5.21. The van der Waals surface area contributed by atoms with Crippen LogP contribution in [0, 0.1) is 5.41 Å². The van der Waals surface area contributed by atoms with E-state index in [0.29, 0.717) is 5.75 Å². The number of benzene rings is 1. The average molecular weight is 476 g/mol. The summed E-state index contributed by atoms with van der Waals surface area (Å²) in [4.78, 5) is 12.9. The SMILES string of the molecule is CC(C)(C)C(=O)Oc1cccc2c1C1c3cccc[n+]3C2CC1(c1ccoc1)c1ccoc1.[Cl-]. The van der Waals surface area contributed by atoms with Crippen LogP contribution in [-0.4, -0.2) is 5.97 Å². The molecular weight excluding hydrogens is 450 g/mol. The van der Waals surface area contributed by atoms with Crippen molar-refractivity contribution in [3.05, 3.63) is 108 Å². The number of ether oxygens (including phenoxy) is 1. The second-order valence-corrected chi connectivity index (χ2v) is 10.1. The molecule has 1 aromatic carbocycles. The zero-order valence-electron chi connectivity index (χ0n) is 19.3. The van der Waals surface area contributed by atoms with Gasteiger partial charge in [0.25, 0.3) is 0 Å². The lowest BCUT2D eigenvalue weighted by molar-refractivity contribution is -0.732. The quantitative estimate of drug-likeness (QED) is 0.259. The summed E-state index contributed by atoms with van der Waals surface area (Å²) in [6.45, 7) is 5.63. The molecule has 6 heteroatoms. The molecule has 0 saturated heterocycles. The van der Waals surface area contributed by atoms with Crippen LogP contribution in [0.4, 0.5) is 0 Å². The summed E-state index contributed by atoms with van der Waals surface area (Å²) < 4.78 is 19.6. The first-order valence-electron chi connectivity index (χ1n) is 11.3. The first-order chi connectivity index (χ1) is 15.9. The van der Waals surface area contributed by atoms with Crippen LogP contribution in [0.3, 0.4) is 0 Å². The summed E-state index contributed by atoms with van der Waals surface area (Å²) in [5.74, 6) is 0.307. The number of hydrogen-bond donors (Lipinski definition) is 0. The number of carbonyl (C=O) groups excluding carboxylic acids is 1. The molecule has 0 saturated carbocycles. The van der Waals surface area contributed by atoms with Crippen LogP contribution in [0.1, 0.15) is 67.1 Å². The molecule has 0 fully saturated rings. The maximum absolute atomic E-state index is 12.9. The van der Waals surface area contributed by atoms with Gasteiger partial charge in [-0.3, -0.25) is 4.79 Å². The zero-order valence-corrected chi connectivity index (χ0v) is 20.1. The number of rotatable bonds is 3. The number of fused-ring (bicyclic) bond motifs is 1.